The lowest BCUT2D eigenvalue weighted by Crippen LogP contribution is -2.23. The molecule has 0 saturated heterocycles. The predicted molar refractivity (Wildman–Crippen MR) is 61.3 cm³/mol. The monoisotopic (exact) mass is 221 g/mol. The molecule has 0 bridgehead atoms. The van der Waals surface area contributed by atoms with Gasteiger partial charge in [0.25, 0.3) is 0 Å². The van der Waals surface area contributed by atoms with Crippen molar-refractivity contribution in [3.8, 4) is 0 Å². The van der Waals surface area contributed by atoms with E-state index in [0.717, 1.165) is 10.9 Å². The van der Waals surface area contributed by atoms with Gasteiger partial charge in [-0.15, -0.1) is 11.3 Å². The van der Waals surface area contributed by atoms with Gasteiger partial charge in [0, 0.05) is 11.7 Å². The second-order valence-corrected chi connectivity index (χ2v) is 4.31. The van der Waals surface area contributed by atoms with Crippen molar-refractivity contribution in [3.05, 3.63) is 35.2 Å². The molecule has 2 aromatic rings. The van der Waals surface area contributed by atoms with E-state index >= 15 is 0 Å². The number of nitrogens with zero attached hydrogens (tertiary/aromatic N) is 1. The molecule has 0 aliphatic carbocycles. The van der Waals surface area contributed by atoms with Crippen molar-refractivity contribution in [1.82, 2.24) is 4.90 Å². The number of hydrogen-bond donors (Lipinski definition) is 1. The molecule has 0 atom stereocenters. The van der Waals surface area contributed by atoms with E-state index in [2.05, 4.69) is 0 Å². The fraction of sp³-hybridized carbons (Fsp3) is 0.182. The highest BCUT2D eigenvalue weighted by molar-refractivity contribution is 7.17. The molecule has 0 unspecified atom stereocenters. The molecular formula is C11H11NO2S. The fourth-order valence-electron chi connectivity index (χ4n) is 1.48. The van der Waals surface area contributed by atoms with Crippen molar-refractivity contribution in [1.29, 1.82) is 0 Å². The quantitative estimate of drug-likeness (QED) is 0.846. The first kappa shape index (κ1) is 9.98. The van der Waals surface area contributed by atoms with Gasteiger partial charge in [0.15, 0.2) is 0 Å². The Hall–Kier alpha value is -1.55. The van der Waals surface area contributed by atoms with Gasteiger partial charge in [-0.25, -0.2) is 4.79 Å². The largest absolute Gasteiger partial charge is 0.465 e. The van der Waals surface area contributed by atoms with Gasteiger partial charge in [0.1, 0.15) is 0 Å². The zero-order chi connectivity index (χ0) is 10.8. The highest BCUT2D eigenvalue weighted by Gasteiger charge is 2.09. The maximum atomic E-state index is 10.7. The van der Waals surface area contributed by atoms with Crippen LogP contribution < -0.4 is 0 Å². The number of carbonyl (C=O) groups is 1. The highest BCUT2D eigenvalue weighted by atomic mass is 32.1. The van der Waals surface area contributed by atoms with Crippen molar-refractivity contribution in [2.75, 3.05) is 7.05 Å². The van der Waals surface area contributed by atoms with Crippen LogP contribution in [0.4, 0.5) is 4.79 Å². The van der Waals surface area contributed by atoms with Crippen LogP contribution in [0.15, 0.2) is 29.6 Å². The Morgan fingerprint density at radius 1 is 1.47 bits per heavy atom. The molecule has 0 spiro atoms. The molecule has 1 aromatic carbocycles. The zero-order valence-corrected chi connectivity index (χ0v) is 9.12. The first-order valence-electron chi connectivity index (χ1n) is 4.57. The highest BCUT2D eigenvalue weighted by Crippen LogP contribution is 2.26. The van der Waals surface area contributed by atoms with Crippen LogP contribution in [-0.2, 0) is 6.54 Å². The summed E-state index contributed by atoms with van der Waals surface area (Å²) >= 11 is 1.65. The third kappa shape index (κ3) is 1.94. The van der Waals surface area contributed by atoms with Crippen molar-refractivity contribution in [3.63, 3.8) is 0 Å². The van der Waals surface area contributed by atoms with Crippen LogP contribution in [0.2, 0.25) is 0 Å². The minimum atomic E-state index is -0.898. The summed E-state index contributed by atoms with van der Waals surface area (Å²) in [6, 6.07) is 8.03. The lowest BCUT2D eigenvalue weighted by Gasteiger charge is -2.11. The molecule has 0 aliphatic rings. The summed E-state index contributed by atoms with van der Waals surface area (Å²) in [6.07, 6.45) is -0.898. The Kier molecular flexibility index (Phi) is 2.60. The molecule has 3 nitrogen and oxygen atoms in total. The van der Waals surface area contributed by atoms with Gasteiger partial charge >= 0.3 is 6.09 Å². The summed E-state index contributed by atoms with van der Waals surface area (Å²) in [5.74, 6) is 0. The molecule has 4 heteroatoms. The Bertz CT molecular complexity index is 492. The molecule has 78 valence electrons. The van der Waals surface area contributed by atoms with E-state index in [9.17, 15) is 4.79 Å². The average molecular weight is 221 g/mol. The van der Waals surface area contributed by atoms with Gasteiger partial charge in [0.2, 0.25) is 0 Å². The Morgan fingerprint density at radius 3 is 2.93 bits per heavy atom. The SMILES string of the molecule is CN(Cc1csc2ccccc12)C(=O)O. The summed E-state index contributed by atoms with van der Waals surface area (Å²) < 4.78 is 1.20. The number of amides is 1. The predicted octanol–water partition coefficient (Wildman–Crippen LogP) is 3.01. The standard InChI is InChI=1S/C11H11NO2S/c1-12(11(13)14)6-8-7-15-10-5-3-2-4-9(8)10/h2-5,7H,6H2,1H3,(H,13,14). The summed E-state index contributed by atoms with van der Waals surface area (Å²) in [7, 11) is 1.58. The van der Waals surface area contributed by atoms with Crippen molar-refractivity contribution in [2.45, 2.75) is 6.54 Å². The number of rotatable bonds is 2. The van der Waals surface area contributed by atoms with Crippen LogP contribution in [0.5, 0.6) is 0 Å². The lowest BCUT2D eigenvalue weighted by molar-refractivity contribution is 0.154. The van der Waals surface area contributed by atoms with E-state index in [-0.39, 0.29) is 0 Å². The molecular weight excluding hydrogens is 210 g/mol. The molecule has 0 radical (unpaired) electrons. The number of carboxylic acid groups (broad SMARTS) is 1. The molecule has 1 N–H and O–H groups in total. The van der Waals surface area contributed by atoms with Crippen molar-refractivity contribution >= 4 is 27.5 Å². The Labute approximate surface area is 91.6 Å². The molecule has 0 fully saturated rings. The van der Waals surface area contributed by atoms with Crippen LogP contribution in [-0.4, -0.2) is 23.1 Å². The topological polar surface area (TPSA) is 40.5 Å². The normalized spacial score (nSPS) is 10.5. The van der Waals surface area contributed by atoms with E-state index in [1.165, 1.54) is 9.60 Å². The van der Waals surface area contributed by atoms with Gasteiger partial charge < -0.3 is 10.0 Å². The number of benzene rings is 1. The van der Waals surface area contributed by atoms with E-state index in [1.807, 2.05) is 29.6 Å². The Morgan fingerprint density at radius 2 is 2.20 bits per heavy atom. The van der Waals surface area contributed by atoms with Gasteiger partial charge in [-0.3, -0.25) is 0 Å². The van der Waals surface area contributed by atoms with Gasteiger partial charge in [-0.2, -0.15) is 0 Å². The van der Waals surface area contributed by atoms with Gasteiger partial charge in [-0.1, -0.05) is 18.2 Å². The third-order valence-electron chi connectivity index (χ3n) is 2.30. The van der Waals surface area contributed by atoms with Crippen LogP contribution in [0.3, 0.4) is 0 Å². The minimum Gasteiger partial charge on any atom is -0.465 e. The fourth-order valence-corrected chi connectivity index (χ4v) is 2.43. The molecule has 2 rings (SSSR count). The molecule has 1 aromatic heterocycles. The van der Waals surface area contributed by atoms with E-state index in [4.69, 9.17) is 5.11 Å². The Balaban J connectivity index is 2.32. The average Bonchev–Trinajstić information content (AvgIpc) is 2.62. The molecule has 1 heterocycles. The first-order chi connectivity index (χ1) is 7.18. The van der Waals surface area contributed by atoms with Crippen LogP contribution in [0, 0.1) is 0 Å². The van der Waals surface area contributed by atoms with Crippen molar-refractivity contribution in [2.24, 2.45) is 0 Å². The molecule has 15 heavy (non-hydrogen) atoms. The molecule has 0 saturated carbocycles. The van der Waals surface area contributed by atoms with Gasteiger partial charge in [-0.05, 0) is 22.4 Å². The summed E-state index contributed by atoms with van der Waals surface area (Å²) in [6.45, 7) is 0.444. The number of hydrogen-bond acceptors (Lipinski definition) is 2. The van der Waals surface area contributed by atoms with Gasteiger partial charge in [0.05, 0.1) is 6.54 Å². The van der Waals surface area contributed by atoms with Crippen LogP contribution in [0.25, 0.3) is 10.1 Å². The zero-order valence-electron chi connectivity index (χ0n) is 8.30. The molecule has 0 aliphatic heterocycles. The van der Waals surface area contributed by atoms with E-state index < -0.39 is 6.09 Å². The molecule has 1 amide bonds. The maximum Gasteiger partial charge on any atom is 0.407 e. The van der Waals surface area contributed by atoms with Crippen LogP contribution >= 0.6 is 11.3 Å². The smallest absolute Gasteiger partial charge is 0.407 e. The van der Waals surface area contributed by atoms with Crippen molar-refractivity contribution < 1.29 is 9.90 Å². The van der Waals surface area contributed by atoms with Crippen LogP contribution in [0.1, 0.15) is 5.56 Å². The number of thiophene rings is 1. The minimum absolute atomic E-state index is 0.444. The van der Waals surface area contributed by atoms with E-state index in [1.54, 1.807) is 18.4 Å². The summed E-state index contributed by atoms with van der Waals surface area (Å²) in [5.41, 5.74) is 1.07. The number of fused-ring (bicyclic) bond motifs is 1. The maximum absolute atomic E-state index is 10.7. The lowest BCUT2D eigenvalue weighted by atomic mass is 10.2. The second kappa shape index (κ2) is 3.90. The summed E-state index contributed by atoms with van der Waals surface area (Å²) in [4.78, 5) is 12.0. The first-order valence-corrected chi connectivity index (χ1v) is 5.45. The van der Waals surface area contributed by atoms with E-state index in [0.29, 0.717) is 6.54 Å². The second-order valence-electron chi connectivity index (χ2n) is 3.40. The third-order valence-corrected chi connectivity index (χ3v) is 3.31. The summed E-state index contributed by atoms with van der Waals surface area (Å²) in [5, 5.41) is 11.9.